The van der Waals surface area contributed by atoms with Crippen LogP contribution in [0.15, 0.2) is 95.5 Å². The normalized spacial score (nSPS) is 11.9. The van der Waals surface area contributed by atoms with Crippen LogP contribution in [0.4, 0.5) is 4.39 Å². The van der Waals surface area contributed by atoms with Gasteiger partial charge in [-0.3, -0.25) is 4.98 Å². The first-order valence-electron chi connectivity index (χ1n) is 11.0. The van der Waals surface area contributed by atoms with Crippen molar-refractivity contribution >= 4 is 54.3 Å². The maximum Gasteiger partial charge on any atom is 0.145 e. The molecule has 2 nitrogen and oxygen atoms in total. The van der Waals surface area contributed by atoms with Gasteiger partial charge < -0.3 is 4.42 Å². The van der Waals surface area contributed by atoms with Crippen LogP contribution >= 0.6 is 0 Å². The number of aromatic nitrogens is 1. The molecule has 0 bridgehead atoms. The van der Waals surface area contributed by atoms with Crippen LogP contribution < -0.4 is 0 Å². The zero-order valence-electron chi connectivity index (χ0n) is 17.9. The quantitative estimate of drug-likeness (QED) is 0.245. The Morgan fingerprint density at radius 1 is 0.667 bits per heavy atom. The summed E-state index contributed by atoms with van der Waals surface area (Å²) in [7, 11) is 0. The Morgan fingerprint density at radius 2 is 1.33 bits per heavy atom. The molecular formula is C30H18FNO. The van der Waals surface area contributed by atoms with E-state index in [1.165, 1.54) is 6.07 Å². The number of hydrogen-bond acceptors (Lipinski definition) is 2. The number of aryl methyl sites for hydroxylation is 1. The van der Waals surface area contributed by atoms with Crippen LogP contribution in [-0.2, 0) is 0 Å². The Hall–Kier alpha value is -4.24. The van der Waals surface area contributed by atoms with E-state index < -0.39 is 0 Å². The molecule has 0 unspecified atom stereocenters. The van der Waals surface area contributed by atoms with Gasteiger partial charge in [0, 0.05) is 39.4 Å². The lowest BCUT2D eigenvalue weighted by Gasteiger charge is -2.12. The molecule has 2 heterocycles. The molecule has 0 fully saturated rings. The highest BCUT2D eigenvalue weighted by atomic mass is 19.1. The van der Waals surface area contributed by atoms with E-state index in [1.54, 1.807) is 6.20 Å². The summed E-state index contributed by atoms with van der Waals surface area (Å²) in [6, 6.07) is 27.9. The third-order valence-electron chi connectivity index (χ3n) is 6.69. The molecule has 0 atom stereocenters. The molecule has 0 aliphatic rings. The fourth-order valence-corrected chi connectivity index (χ4v) is 5.30. The smallest absolute Gasteiger partial charge is 0.145 e. The molecule has 0 saturated heterocycles. The van der Waals surface area contributed by atoms with Crippen molar-refractivity contribution < 1.29 is 8.81 Å². The highest BCUT2D eigenvalue weighted by molar-refractivity contribution is 6.35. The van der Waals surface area contributed by atoms with Crippen LogP contribution in [-0.4, -0.2) is 4.98 Å². The largest absolute Gasteiger partial charge is 0.455 e. The Labute approximate surface area is 188 Å². The molecule has 3 heteroatoms. The van der Waals surface area contributed by atoms with Crippen molar-refractivity contribution in [2.75, 3.05) is 0 Å². The summed E-state index contributed by atoms with van der Waals surface area (Å²) in [5.74, 6) is -0.269. The molecule has 2 aromatic heterocycles. The first-order chi connectivity index (χ1) is 16.2. The van der Waals surface area contributed by atoms with Gasteiger partial charge in [0.15, 0.2) is 0 Å². The highest BCUT2D eigenvalue weighted by Crippen LogP contribution is 2.45. The van der Waals surface area contributed by atoms with Gasteiger partial charge in [-0.2, -0.15) is 0 Å². The summed E-state index contributed by atoms with van der Waals surface area (Å²) < 4.78 is 22.1. The van der Waals surface area contributed by atoms with Gasteiger partial charge >= 0.3 is 0 Å². The van der Waals surface area contributed by atoms with E-state index in [9.17, 15) is 0 Å². The molecule has 0 aliphatic carbocycles. The van der Waals surface area contributed by atoms with E-state index in [2.05, 4.69) is 42.2 Å². The van der Waals surface area contributed by atoms with E-state index in [1.807, 2.05) is 48.5 Å². The highest BCUT2D eigenvalue weighted by Gasteiger charge is 2.21. The van der Waals surface area contributed by atoms with Crippen molar-refractivity contribution in [3.8, 4) is 11.3 Å². The third kappa shape index (κ3) is 2.45. The summed E-state index contributed by atoms with van der Waals surface area (Å²) in [4.78, 5) is 4.57. The fraction of sp³-hybridized carbons (Fsp3) is 0.0333. The van der Waals surface area contributed by atoms with Gasteiger partial charge in [-0.05, 0) is 46.2 Å². The summed E-state index contributed by atoms with van der Waals surface area (Å²) in [5.41, 5.74) is 4.16. The van der Waals surface area contributed by atoms with Gasteiger partial charge in [0.25, 0.3) is 0 Å². The molecule has 0 radical (unpaired) electrons. The van der Waals surface area contributed by atoms with Crippen LogP contribution in [0.1, 0.15) is 5.56 Å². The van der Waals surface area contributed by atoms with Crippen molar-refractivity contribution in [3.63, 3.8) is 0 Å². The maximum absolute atomic E-state index is 15.7. The Bertz CT molecular complexity index is 1880. The number of hydrogen-bond donors (Lipinski definition) is 0. The van der Waals surface area contributed by atoms with Crippen molar-refractivity contribution in [1.29, 1.82) is 0 Å². The van der Waals surface area contributed by atoms with Crippen molar-refractivity contribution in [1.82, 2.24) is 4.98 Å². The summed E-state index contributed by atoms with van der Waals surface area (Å²) in [5, 5.41) is 7.56. The number of halogens is 1. The lowest BCUT2D eigenvalue weighted by atomic mass is 9.91. The minimum absolute atomic E-state index is 0.269. The monoisotopic (exact) mass is 427 g/mol. The second-order valence-electron chi connectivity index (χ2n) is 8.52. The molecule has 0 N–H and O–H groups in total. The molecule has 0 amide bonds. The molecule has 0 saturated carbocycles. The minimum Gasteiger partial charge on any atom is -0.455 e. The number of nitrogens with zero attached hydrogens (tertiary/aromatic N) is 1. The molecule has 0 spiro atoms. The minimum atomic E-state index is -0.269. The second kappa shape index (κ2) is 6.63. The molecule has 156 valence electrons. The summed E-state index contributed by atoms with van der Waals surface area (Å²) in [6.07, 6.45) is 1.78. The molecule has 7 aromatic rings. The number of fused-ring (bicyclic) bond motifs is 10. The van der Waals surface area contributed by atoms with Crippen molar-refractivity contribution in [3.05, 3.63) is 103 Å². The summed E-state index contributed by atoms with van der Waals surface area (Å²) >= 11 is 0. The van der Waals surface area contributed by atoms with Gasteiger partial charge in [-0.1, -0.05) is 66.7 Å². The van der Waals surface area contributed by atoms with Crippen LogP contribution in [0.2, 0.25) is 0 Å². The van der Waals surface area contributed by atoms with E-state index in [-0.39, 0.29) is 5.82 Å². The molecule has 33 heavy (non-hydrogen) atoms. The number of rotatable bonds is 1. The molecule has 0 aliphatic heterocycles. The van der Waals surface area contributed by atoms with Gasteiger partial charge in [0.05, 0.1) is 5.69 Å². The Kier molecular flexibility index (Phi) is 3.68. The third-order valence-corrected chi connectivity index (χ3v) is 6.69. The van der Waals surface area contributed by atoms with Gasteiger partial charge in [0.2, 0.25) is 0 Å². The van der Waals surface area contributed by atoms with Crippen LogP contribution in [0.3, 0.4) is 0 Å². The van der Waals surface area contributed by atoms with Crippen molar-refractivity contribution in [2.24, 2.45) is 0 Å². The van der Waals surface area contributed by atoms with Gasteiger partial charge in [-0.15, -0.1) is 0 Å². The first-order valence-corrected chi connectivity index (χ1v) is 11.0. The Morgan fingerprint density at radius 3 is 2.03 bits per heavy atom. The van der Waals surface area contributed by atoms with Crippen LogP contribution in [0.25, 0.3) is 65.5 Å². The zero-order chi connectivity index (χ0) is 22.1. The lowest BCUT2D eigenvalue weighted by Crippen LogP contribution is -1.88. The topological polar surface area (TPSA) is 26.0 Å². The Balaban J connectivity index is 1.78. The first kappa shape index (κ1) is 18.3. The van der Waals surface area contributed by atoms with Gasteiger partial charge in [-0.25, -0.2) is 4.39 Å². The maximum atomic E-state index is 15.7. The lowest BCUT2D eigenvalue weighted by molar-refractivity contribution is 0.629. The number of benzene rings is 5. The average Bonchev–Trinajstić information content (AvgIpc) is 3.22. The van der Waals surface area contributed by atoms with E-state index in [0.29, 0.717) is 11.0 Å². The molecular weight excluding hydrogens is 409 g/mol. The number of furan rings is 1. The predicted octanol–water partition coefficient (Wildman–Crippen LogP) is 8.56. The summed E-state index contributed by atoms with van der Waals surface area (Å²) in [6.45, 7) is 2.05. The van der Waals surface area contributed by atoms with Crippen LogP contribution in [0.5, 0.6) is 0 Å². The zero-order valence-corrected chi connectivity index (χ0v) is 17.9. The van der Waals surface area contributed by atoms with Gasteiger partial charge in [0.1, 0.15) is 17.0 Å². The SMILES string of the molecule is Cc1ccc2c(oc3cc(F)c4c5ccccc5c5ccccc5c4c32)c1-c1ccccn1. The standard InChI is InChI=1S/C30H18FNO/c1-17-13-14-22-28-25(33-30(22)26(17)24-12-6-7-15-32-24)16-23(31)27-20-10-4-2-8-18(20)19-9-3-5-11-21(19)29(27)28/h2-16H,1H3. The average molecular weight is 427 g/mol. The predicted molar refractivity (Wildman–Crippen MR) is 134 cm³/mol. The van der Waals surface area contributed by atoms with E-state index in [4.69, 9.17) is 4.42 Å². The van der Waals surface area contributed by atoms with E-state index >= 15 is 4.39 Å². The fourth-order valence-electron chi connectivity index (χ4n) is 5.30. The second-order valence-corrected chi connectivity index (χ2v) is 8.52. The number of pyridine rings is 1. The van der Waals surface area contributed by atoms with Crippen LogP contribution in [0, 0.1) is 12.7 Å². The molecule has 5 aromatic carbocycles. The van der Waals surface area contributed by atoms with E-state index in [0.717, 1.165) is 60.1 Å². The molecule has 7 rings (SSSR count). The van der Waals surface area contributed by atoms with Crippen molar-refractivity contribution in [2.45, 2.75) is 6.92 Å².